The summed E-state index contributed by atoms with van der Waals surface area (Å²) in [5, 5.41) is 13.5. The largest absolute Gasteiger partial charge is 0.445 e. The van der Waals surface area contributed by atoms with Crippen LogP contribution in [-0.4, -0.2) is 22.3 Å². The fourth-order valence-corrected chi connectivity index (χ4v) is 4.07. The molecule has 2 amide bonds. The molecule has 5 aromatic rings. The number of ether oxygens (including phenoxy) is 1. The van der Waals surface area contributed by atoms with Gasteiger partial charge in [0.15, 0.2) is 0 Å². The molecule has 0 radical (unpaired) electrons. The molecule has 9 nitrogen and oxygen atoms in total. The maximum Gasteiger partial charge on any atom is 0.408 e. The Bertz CT molecular complexity index is 1550. The number of benzene rings is 4. The van der Waals surface area contributed by atoms with Gasteiger partial charge in [0.2, 0.25) is 0 Å². The van der Waals surface area contributed by atoms with Gasteiger partial charge in [-0.05, 0) is 50.8 Å². The first-order chi connectivity index (χ1) is 18.6. The number of amides is 2. The third kappa shape index (κ3) is 5.69. The van der Waals surface area contributed by atoms with Gasteiger partial charge in [0.25, 0.3) is 5.91 Å². The normalized spacial score (nSPS) is 11.6. The van der Waals surface area contributed by atoms with Crippen LogP contribution in [0, 0.1) is 0 Å². The zero-order valence-electron chi connectivity index (χ0n) is 20.3. The van der Waals surface area contributed by atoms with E-state index in [-0.39, 0.29) is 6.61 Å². The Hall–Kier alpha value is -5.02. The molecule has 0 spiro atoms. The van der Waals surface area contributed by atoms with E-state index in [1.54, 1.807) is 24.3 Å². The molecule has 0 saturated carbocycles. The lowest BCUT2D eigenvalue weighted by molar-refractivity contribution is -0.118. The lowest BCUT2D eigenvalue weighted by Gasteiger charge is -2.19. The van der Waals surface area contributed by atoms with Crippen molar-refractivity contribution in [3.05, 3.63) is 114 Å². The van der Waals surface area contributed by atoms with Crippen molar-refractivity contribution >= 4 is 28.7 Å². The Labute approximate surface area is 218 Å². The Balaban J connectivity index is 1.38. The number of carbonyl (C=O) groups excluding carboxylic acids is 2. The molecule has 9 heteroatoms. The number of carbonyl (C=O) groups is 2. The fourth-order valence-electron chi connectivity index (χ4n) is 4.07. The number of aromatic nitrogens is 2. The first kappa shape index (κ1) is 24.7. The zero-order valence-corrected chi connectivity index (χ0v) is 20.3. The average Bonchev–Trinajstić information content (AvgIpc) is 3.45. The van der Waals surface area contributed by atoms with Gasteiger partial charge in [-0.25, -0.2) is 9.42 Å². The van der Waals surface area contributed by atoms with E-state index in [0.717, 1.165) is 22.3 Å². The van der Waals surface area contributed by atoms with Gasteiger partial charge in [0.1, 0.15) is 23.7 Å². The van der Waals surface area contributed by atoms with Crippen molar-refractivity contribution in [1.29, 1.82) is 0 Å². The average molecular weight is 508 g/mol. The molecule has 38 heavy (non-hydrogen) atoms. The molecule has 0 unspecified atom stereocenters. The summed E-state index contributed by atoms with van der Waals surface area (Å²) < 4.78 is 10.2. The number of alkyl carbamates (subject to hydrolysis) is 1. The lowest BCUT2D eigenvalue weighted by atomic mass is 9.99. The van der Waals surface area contributed by atoms with Crippen LogP contribution in [-0.2, 0) is 22.7 Å². The number of nitrogens with zero attached hydrogens (tertiary/aromatic N) is 2. The molecule has 5 rings (SSSR count). The summed E-state index contributed by atoms with van der Waals surface area (Å²) >= 11 is 0. The van der Waals surface area contributed by atoms with Crippen molar-refractivity contribution in [3.8, 4) is 11.1 Å². The minimum Gasteiger partial charge on any atom is -0.445 e. The van der Waals surface area contributed by atoms with Crippen molar-refractivity contribution in [2.75, 3.05) is 5.32 Å². The highest BCUT2D eigenvalue weighted by atomic mass is 16.6. The van der Waals surface area contributed by atoms with Gasteiger partial charge < -0.3 is 21.1 Å². The summed E-state index contributed by atoms with van der Waals surface area (Å²) in [6, 6.07) is 28.4. The molecule has 0 aliphatic heterocycles. The zero-order chi connectivity index (χ0) is 26.3. The number of nitrogens with one attached hydrogen (secondary N) is 2. The van der Waals surface area contributed by atoms with Crippen LogP contribution in [0.15, 0.2) is 102 Å². The van der Waals surface area contributed by atoms with E-state index >= 15 is 0 Å². The summed E-state index contributed by atoms with van der Waals surface area (Å²) in [6.07, 6.45) is -0.716. The monoisotopic (exact) mass is 507 g/mol. The number of nitrogens with two attached hydrogens (primary N) is 1. The van der Waals surface area contributed by atoms with Gasteiger partial charge in [0.05, 0.1) is 0 Å². The Kier molecular flexibility index (Phi) is 7.37. The number of rotatable bonds is 8. The maximum atomic E-state index is 13.4. The molecule has 0 saturated heterocycles. The second-order valence-corrected chi connectivity index (χ2v) is 8.59. The molecule has 0 aliphatic rings. The minimum absolute atomic E-state index is 0.0776. The summed E-state index contributed by atoms with van der Waals surface area (Å²) in [7, 11) is 0. The van der Waals surface area contributed by atoms with Gasteiger partial charge >= 0.3 is 6.09 Å². The Morgan fingerprint density at radius 3 is 2.42 bits per heavy atom. The summed E-state index contributed by atoms with van der Waals surface area (Å²) in [5.74, 6) is -0.425. The topological polar surface area (TPSA) is 132 Å². The van der Waals surface area contributed by atoms with Crippen molar-refractivity contribution in [3.63, 3.8) is 0 Å². The third-order valence-electron chi connectivity index (χ3n) is 6.01. The molecular weight excluding hydrogens is 482 g/mol. The van der Waals surface area contributed by atoms with Crippen LogP contribution in [0.5, 0.6) is 0 Å². The summed E-state index contributed by atoms with van der Waals surface area (Å²) in [5.41, 5.74) is 11.6. The van der Waals surface area contributed by atoms with E-state index < -0.39 is 18.0 Å². The van der Waals surface area contributed by atoms with E-state index in [0.29, 0.717) is 28.8 Å². The van der Waals surface area contributed by atoms with Gasteiger partial charge in [0, 0.05) is 17.8 Å². The smallest absolute Gasteiger partial charge is 0.408 e. The van der Waals surface area contributed by atoms with Crippen LogP contribution < -0.4 is 16.4 Å². The number of hydrogen-bond acceptors (Lipinski definition) is 7. The number of fused-ring (bicyclic) bond motifs is 1. The number of anilines is 1. The van der Waals surface area contributed by atoms with Crippen molar-refractivity contribution in [1.82, 2.24) is 15.6 Å². The highest BCUT2D eigenvalue weighted by molar-refractivity contribution is 5.97. The van der Waals surface area contributed by atoms with Crippen LogP contribution >= 0.6 is 0 Å². The SMILES string of the molecule is NCc1cccc(NC(=O)[C@@H](NC(=O)OCc2ccccc2)c2ccc(-c3cccc4nonc34)cc2)c1. The van der Waals surface area contributed by atoms with Crippen molar-refractivity contribution in [2.45, 2.75) is 19.2 Å². The van der Waals surface area contributed by atoms with Crippen LogP contribution in [0.1, 0.15) is 22.7 Å². The first-order valence-corrected chi connectivity index (χ1v) is 12.0. The van der Waals surface area contributed by atoms with Crippen LogP contribution in [0.3, 0.4) is 0 Å². The van der Waals surface area contributed by atoms with E-state index in [2.05, 4.69) is 20.9 Å². The van der Waals surface area contributed by atoms with Crippen LogP contribution in [0.2, 0.25) is 0 Å². The molecule has 1 aromatic heterocycles. The molecule has 4 aromatic carbocycles. The second kappa shape index (κ2) is 11.4. The van der Waals surface area contributed by atoms with E-state index in [4.69, 9.17) is 15.1 Å². The highest BCUT2D eigenvalue weighted by Crippen LogP contribution is 2.28. The van der Waals surface area contributed by atoms with Crippen molar-refractivity contribution < 1.29 is 19.0 Å². The second-order valence-electron chi connectivity index (χ2n) is 8.59. The molecule has 190 valence electrons. The van der Waals surface area contributed by atoms with E-state index in [9.17, 15) is 9.59 Å². The molecule has 1 atom stereocenters. The molecule has 1 heterocycles. The van der Waals surface area contributed by atoms with Gasteiger partial charge in [-0.3, -0.25) is 4.79 Å². The van der Waals surface area contributed by atoms with Crippen LogP contribution in [0.4, 0.5) is 10.5 Å². The first-order valence-electron chi connectivity index (χ1n) is 12.0. The van der Waals surface area contributed by atoms with Gasteiger partial charge in [-0.2, -0.15) is 0 Å². The summed E-state index contributed by atoms with van der Waals surface area (Å²) in [4.78, 5) is 26.1. The van der Waals surface area contributed by atoms with Gasteiger partial charge in [-0.15, -0.1) is 0 Å². The maximum absolute atomic E-state index is 13.4. The standard InChI is InChI=1S/C29H25N5O4/c30-17-20-8-4-9-23(16-20)31-28(35)26(32-29(36)37-18-19-6-2-1-3-7-19)22-14-12-21(13-15-22)24-10-5-11-25-27(24)34-38-33-25/h1-16,26H,17-18,30H2,(H,31,35)(H,32,36)/t26-/m0/s1. The van der Waals surface area contributed by atoms with Gasteiger partial charge in [-0.1, -0.05) is 78.9 Å². The third-order valence-corrected chi connectivity index (χ3v) is 6.01. The van der Waals surface area contributed by atoms with Crippen molar-refractivity contribution in [2.24, 2.45) is 5.73 Å². The fraction of sp³-hybridized carbons (Fsp3) is 0.103. The number of hydrogen-bond donors (Lipinski definition) is 3. The predicted octanol–water partition coefficient (Wildman–Crippen LogP) is 4.95. The Morgan fingerprint density at radius 1 is 0.868 bits per heavy atom. The molecule has 0 aliphatic carbocycles. The predicted molar refractivity (Wildman–Crippen MR) is 143 cm³/mol. The molecule has 4 N–H and O–H groups in total. The van der Waals surface area contributed by atoms with E-state index in [1.165, 1.54) is 0 Å². The minimum atomic E-state index is -1.02. The molecule has 0 bridgehead atoms. The highest BCUT2D eigenvalue weighted by Gasteiger charge is 2.24. The lowest BCUT2D eigenvalue weighted by Crippen LogP contribution is -2.37. The molecule has 0 fully saturated rings. The van der Waals surface area contributed by atoms with Crippen LogP contribution in [0.25, 0.3) is 22.2 Å². The van der Waals surface area contributed by atoms with E-state index in [1.807, 2.05) is 72.8 Å². The molecular formula is C29H25N5O4. The Morgan fingerprint density at radius 2 is 1.63 bits per heavy atom. The summed E-state index contributed by atoms with van der Waals surface area (Å²) in [6.45, 7) is 0.417. The quantitative estimate of drug-likeness (QED) is 0.271.